The number of nitrogens with zero attached hydrogens (tertiary/aromatic N) is 6. The molecule has 2 aromatic rings. The molecule has 0 radical (unpaired) electrons. The van der Waals surface area contributed by atoms with Crippen LogP contribution < -0.4 is 11.1 Å². The summed E-state index contributed by atoms with van der Waals surface area (Å²) >= 11 is 0.913. The number of fused-ring (bicyclic) bond motifs is 1. The number of nitrogen functional groups attached to an aromatic ring is 1. The molecular formula is C23H18N8O14S. The molecule has 46 heavy (non-hydrogen) atoms. The standard InChI is InChI=1S/C23H18N8O14S/c24-21-26-7(5-46-21)9(29-45-22(1-2-22)19(39)40)12(32)25-6-4-43-31(15(6)35)23(20(41)42)3-8(18(38)44-23)30-16(36)10-11(17(30)37)28-14(34)13(33)27-10/h5-6,8H,1-4H2,(H2,24,26)(H,25,32)(H,27,33)(H,28,34)(H,39,40)(H,41,42)/b29-9-/t6-,8?,23?/m0/s1. The molecule has 23 heteroatoms. The number of cyclic esters (lactones) is 1. The molecule has 240 valence electrons. The number of ether oxygens (including phenoxy) is 1. The van der Waals surface area contributed by atoms with Gasteiger partial charge in [0.15, 0.2) is 22.2 Å². The number of rotatable bonds is 9. The van der Waals surface area contributed by atoms with E-state index in [1.807, 2.05) is 0 Å². The van der Waals surface area contributed by atoms with E-state index in [0.717, 1.165) is 11.3 Å². The number of anilines is 1. The third-order valence-corrected chi connectivity index (χ3v) is 7.92. The number of hydrogen-bond donors (Lipinski definition) is 6. The number of carbonyl (C=O) groups is 7. The van der Waals surface area contributed by atoms with Crippen molar-refractivity contribution in [2.45, 2.75) is 42.7 Å². The molecule has 2 unspecified atom stereocenters. The molecule has 2 saturated heterocycles. The third-order valence-electron chi connectivity index (χ3n) is 7.25. The van der Waals surface area contributed by atoms with E-state index in [4.69, 9.17) is 20.1 Å². The molecule has 3 fully saturated rings. The van der Waals surface area contributed by atoms with Crippen LogP contribution in [-0.2, 0) is 38.4 Å². The first-order valence-corrected chi connectivity index (χ1v) is 13.7. The second-order valence-electron chi connectivity index (χ2n) is 10.1. The molecule has 1 saturated carbocycles. The minimum absolute atomic E-state index is 0.0144. The summed E-state index contributed by atoms with van der Waals surface area (Å²) in [5, 5.41) is 46.0. The topological polar surface area (TPSA) is 324 Å². The number of hydroxylamine groups is 2. The molecule has 4 amide bonds. The van der Waals surface area contributed by atoms with Crippen molar-refractivity contribution in [3.63, 3.8) is 0 Å². The average Bonchev–Trinajstić information content (AvgIpc) is 3.21. The van der Waals surface area contributed by atoms with Crippen LogP contribution >= 0.6 is 11.3 Å². The van der Waals surface area contributed by atoms with Gasteiger partial charge in [0.25, 0.3) is 35.4 Å². The molecule has 0 spiro atoms. The summed E-state index contributed by atoms with van der Waals surface area (Å²) in [6.07, 6.45) is -0.827. The maximum Gasteiger partial charge on any atom is 0.372 e. The van der Waals surface area contributed by atoms with Gasteiger partial charge in [-0.25, -0.2) is 29.3 Å². The molecule has 0 aromatic carbocycles. The number of amides is 4. The van der Waals surface area contributed by atoms with Crippen molar-refractivity contribution < 1.29 is 68.4 Å². The number of oxime groups is 1. The Hall–Kier alpha value is -5.97. The molecule has 3 aliphatic heterocycles. The van der Waals surface area contributed by atoms with Gasteiger partial charge >= 0.3 is 23.6 Å². The maximum absolute atomic E-state index is 13.4. The van der Waals surface area contributed by atoms with Gasteiger partial charge in [0.05, 0.1) is 6.42 Å². The van der Waals surface area contributed by atoms with Crippen molar-refractivity contribution in [3.05, 3.63) is 22.5 Å². The highest BCUT2D eigenvalue weighted by Gasteiger charge is 2.65. The maximum atomic E-state index is 13.4. The lowest BCUT2D eigenvalue weighted by atomic mass is 10.0. The van der Waals surface area contributed by atoms with Crippen LogP contribution in [0, 0.1) is 0 Å². The van der Waals surface area contributed by atoms with Crippen molar-refractivity contribution >= 4 is 63.7 Å². The Balaban J connectivity index is 1.22. The highest BCUT2D eigenvalue weighted by atomic mass is 32.1. The minimum Gasteiger partial charge on any atom is -0.489 e. The first-order valence-electron chi connectivity index (χ1n) is 12.8. The van der Waals surface area contributed by atoms with Gasteiger partial charge in [0.2, 0.25) is 5.60 Å². The zero-order chi connectivity index (χ0) is 33.3. The Bertz CT molecular complexity index is 1760. The van der Waals surface area contributed by atoms with E-state index >= 15 is 0 Å². The second kappa shape index (κ2) is 10.3. The highest BCUT2D eigenvalue weighted by molar-refractivity contribution is 7.13. The van der Waals surface area contributed by atoms with Crippen LogP contribution in [0.25, 0.3) is 0 Å². The number of thiazole rings is 1. The first-order chi connectivity index (χ1) is 21.7. The van der Waals surface area contributed by atoms with E-state index in [-0.39, 0.29) is 33.6 Å². The van der Waals surface area contributed by atoms with Gasteiger partial charge < -0.3 is 41.1 Å². The molecular weight excluding hydrogens is 644 g/mol. The Morgan fingerprint density at radius 2 is 1.67 bits per heavy atom. The minimum atomic E-state index is -2.94. The monoisotopic (exact) mass is 662 g/mol. The van der Waals surface area contributed by atoms with Gasteiger partial charge in [-0.2, -0.15) is 5.06 Å². The van der Waals surface area contributed by atoms with Crippen LogP contribution in [0.3, 0.4) is 0 Å². The third kappa shape index (κ3) is 4.55. The van der Waals surface area contributed by atoms with Crippen molar-refractivity contribution in [1.82, 2.24) is 30.2 Å². The number of nitrogens with two attached hydrogens (primary N) is 1. The fourth-order valence-corrected chi connectivity index (χ4v) is 5.26. The molecule has 0 bridgehead atoms. The Kier molecular flexibility index (Phi) is 6.73. The molecule has 2 aromatic heterocycles. The summed E-state index contributed by atoms with van der Waals surface area (Å²) in [6, 6.07) is -3.59. The predicted molar refractivity (Wildman–Crippen MR) is 139 cm³/mol. The number of esters is 1. The number of aliphatic carboxylic acids is 2. The molecule has 4 aliphatic rings. The number of hydrogen-bond acceptors (Lipinski definition) is 18. The van der Waals surface area contributed by atoms with E-state index < -0.39 is 107 Å². The Labute approximate surface area is 256 Å². The normalized spacial score (nSPS) is 25.0. The van der Waals surface area contributed by atoms with Crippen molar-refractivity contribution in [2.24, 2.45) is 5.16 Å². The summed E-state index contributed by atoms with van der Waals surface area (Å²) in [4.78, 5) is 111. The van der Waals surface area contributed by atoms with Crippen LogP contribution in [0.15, 0.2) is 10.5 Å². The van der Waals surface area contributed by atoms with Crippen molar-refractivity contribution in [2.75, 3.05) is 12.3 Å². The molecule has 6 rings (SSSR count). The smallest absolute Gasteiger partial charge is 0.372 e. The SMILES string of the molecule is Nc1nc(/C(=N/OC2(C(=O)O)CC2)C(=O)N[C@H]2CON(C3(C(=O)O)CC(N4C(=O)c5nc(O)c(O)nc5C4=O)C(=O)O3)C2=O)cs1. The number of carboxylic acids is 2. The zero-order valence-electron chi connectivity index (χ0n) is 22.6. The Morgan fingerprint density at radius 1 is 1.04 bits per heavy atom. The number of carbonyl (C=O) groups excluding carboxylic acids is 5. The number of carboxylic acid groups (broad SMARTS) is 2. The average molecular weight is 663 g/mol. The van der Waals surface area contributed by atoms with E-state index in [9.17, 15) is 54.0 Å². The molecule has 5 heterocycles. The van der Waals surface area contributed by atoms with Crippen LogP contribution in [-0.4, -0.2) is 123 Å². The van der Waals surface area contributed by atoms with E-state index in [2.05, 4.69) is 25.4 Å². The predicted octanol–water partition coefficient (Wildman–Crippen LogP) is -3.08. The van der Waals surface area contributed by atoms with Crippen molar-refractivity contribution in [1.29, 1.82) is 0 Å². The summed E-state index contributed by atoms with van der Waals surface area (Å²) in [6.45, 7) is -0.701. The number of aromatic nitrogens is 3. The number of imide groups is 1. The van der Waals surface area contributed by atoms with Crippen LogP contribution in [0.5, 0.6) is 11.8 Å². The second-order valence-corrected chi connectivity index (χ2v) is 11.0. The lowest BCUT2D eigenvalue weighted by molar-refractivity contribution is -0.256. The van der Waals surface area contributed by atoms with E-state index in [1.54, 1.807) is 0 Å². The van der Waals surface area contributed by atoms with E-state index in [0.29, 0.717) is 0 Å². The summed E-state index contributed by atoms with van der Waals surface area (Å²) in [5.41, 5.74) is -1.15. The summed E-state index contributed by atoms with van der Waals surface area (Å²) < 4.78 is 5.03. The van der Waals surface area contributed by atoms with Gasteiger partial charge in [-0.05, 0) is 0 Å². The number of aromatic hydroxyl groups is 2. The van der Waals surface area contributed by atoms with Crippen molar-refractivity contribution in [3.8, 4) is 11.8 Å². The van der Waals surface area contributed by atoms with E-state index in [1.165, 1.54) is 5.38 Å². The van der Waals surface area contributed by atoms with Crippen LogP contribution in [0.4, 0.5) is 5.13 Å². The number of nitrogens with one attached hydrogen (secondary N) is 1. The fourth-order valence-electron chi connectivity index (χ4n) is 4.71. The van der Waals surface area contributed by atoms with Crippen LogP contribution in [0.1, 0.15) is 45.9 Å². The zero-order valence-corrected chi connectivity index (χ0v) is 23.4. The Morgan fingerprint density at radius 3 is 2.20 bits per heavy atom. The fraction of sp³-hybridized carbons (Fsp3) is 0.348. The molecule has 1 aliphatic carbocycles. The van der Waals surface area contributed by atoms with Gasteiger partial charge in [-0.3, -0.25) is 28.9 Å². The lowest BCUT2D eigenvalue weighted by Crippen LogP contribution is -2.57. The van der Waals surface area contributed by atoms with Gasteiger partial charge in [-0.15, -0.1) is 11.3 Å². The van der Waals surface area contributed by atoms with Crippen LogP contribution in [0.2, 0.25) is 0 Å². The van der Waals surface area contributed by atoms with Gasteiger partial charge in [-0.1, -0.05) is 5.16 Å². The highest BCUT2D eigenvalue weighted by Crippen LogP contribution is 2.41. The first kappa shape index (κ1) is 30.1. The largest absolute Gasteiger partial charge is 0.489 e. The molecule has 7 N–H and O–H groups in total. The molecule has 3 atom stereocenters. The summed E-state index contributed by atoms with van der Waals surface area (Å²) in [5.74, 6) is -11.8. The van der Waals surface area contributed by atoms with Gasteiger partial charge in [0.1, 0.15) is 24.4 Å². The summed E-state index contributed by atoms with van der Waals surface area (Å²) in [7, 11) is 0. The molecule has 22 nitrogen and oxygen atoms in total. The lowest BCUT2D eigenvalue weighted by Gasteiger charge is -2.30. The van der Waals surface area contributed by atoms with Gasteiger partial charge in [0, 0.05) is 18.2 Å². The quantitative estimate of drug-likeness (QED) is 0.0670.